The highest BCUT2D eigenvalue weighted by Crippen LogP contribution is 2.31. The Bertz CT molecular complexity index is 1000. The van der Waals surface area contributed by atoms with Crippen molar-refractivity contribution in [3.8, 4) is 0 Å². The van der Waals surface area contributed by atoms with Crippen LogP contribution in [0.25, 0.3) is 0 Å². The Morgan fingerprint density at radius 1 is 1.25 bits per heavy atom. The molecule has 0 aliphatic carbocycles. The highest BCUT2D eigenvalue weighted by Gasteiger charge is 2.39. The van der Waals surface area contributed by atoms with Gasteiger partial charge in [-0.1, -0.05) is 42.1 Å². The lowest BCUT2D eigenvalue weighted by Gasteiger charge is -2.13. The average molecular weight is 436 g/mol. The van der Waals surface area contributed by atoms with Gasteiger partial charge < -0.3 is 5.32 Å². The lowest BCUT2D eigenvalue weighted by molar-refractivity contribution is -0.127. The zero-order valence-electron chi connectivity index (χ0n) is 14.6. The van der Waals surface area contributed by atoms with Crippen LogP contribution < -0.4 is 5.32 Å². The number of rotatable bonds is 7. The largest absolute Gasteiger partial charge is 0.326 e. The Morgan fingerprint density at radius 2 is 2.00 bits per heavy atom. The van der Waals surface area contributed by atoms with E-state index in [-0.39, 0.29) is 34.2 Å². The minimum Gasteiger partial charge on any atom is -0.326 e. The molecule has 1 aromatic heterocycles. The number of amidine groups is 1. The standard InChI is InChI=1S/C18H17N3O4S3/c1-2-10-21-17(23)14(12-15(22)19-13-7-4-3-5-8-13)27-18(21)20-28(24,25)16-9-6-11-26-16/h2-9,11,14H,1,10,12H2,(H,19,22). The molecule has 1 saturated heterocycles. The van der Waals surface area contributed by atoms with Crippen LogP contribution in [0, 0.1) is 0 Å². The average Bonchev–Trinajstić information content (AvgIpc) is 3.28. The van der Waals surface area contributed by atoms with E-state index in [9.17, 15) is 18.0 Å². The molecule has 1 fully saturated rings. The Hall–Kier alpha value is -2.43. The normalized spacial score (nSPS) is 18.4. The third-order valence-electron chi connectivity index (χ3n) is 3.71. The van der Waals surface area contributed by atoms with Crippen molar-refractivity contribution >= 4 is 55.8 Å². The maximum Gasteiger partial charge on any atom is 0.294 e. The van der Waals surface area contributed by atoms with Crippen LogP contribution in [-0.2, 0) is 19.6 Å². The van der Waals surface area contributed by atoms with Crippen molar-refractivity contribution in [3.05, 3.63) is 60.5 Å². The number of carbonyl (C=O) groups excluding carboxylic acids is 2. The quantitative estimate of drug-likeness (QED) is 0.675. The van der Waals surface area contributed by atoms with Crippen LogP contribution in [0.2, 0.25) is 0 Å². The molecule has 1 aliphatic rings. The third kappa shape index (κ3) is 4.70. The molecular weight excluding hydrogens is 418 g/mol. The molecule has 1 atom stereocenters. The predicted molar refractivity (Wildman–Crippen MR) is 112 cm³/mol. The monoisotopic (exact) mass is 435 g/mol. The summed E-state index contributed by atoms with van der Waals surface area (Å²) in [6, 6.07) is 12.0. The van der Waals surface area contributed by atoms with Gasteiger partial charge in [0, 0.05) is 18.7 Å². The molecule has 1 N–H and O–H groups in total. The van der Waals surface area contributed by atoms with Gasteiger partial charge in [-0.3, -0.25) is 14.5 Å². The van der Waals surface area contributed by atoms with Crippen molar-refractivity contribution in [2.24, 2.45) is 4.40 Å². The molecule has 1 aromatic carbocycles. The second kappa shape index (κ2) is 8.72. The molecule has 0 radical (unpaired) electrons. The molecule has 0 spiro atoms. The number of anilines is 1. The summed E-state index contributed by atoms with van der Waals surface area (Å²) in [5.74, 6) is -0.703. The molecular formula is C18H17N3O4S3. The molecule has 3 rings (SSSR count). The van der Waals surface area contributed by atoms with Crippen molar-refractivity contribution in [1.82, 2.24) is 4.90 Å². The number of carbonyl (C=O) groups is 2. The fraction of sp³-hybridized carbons (Fsp3) is 0.167. The van der Waals surface area contributed by atoms with Gasteiger partial charge >= 0.3 is 0 Å². The van der Waals surface area contributed by atoms with Gasteiger partial charge in [-0.05, 0) is 23.6 Å². The maximum absolute atomic E-state index is 12.7. The van der Waals surface area contributed by atoms with Crippen LogP contribution in [0.15, 0.2) is 69.1 Å². The fourth-order valence-electron chi connectivity index (χ4n) is 2.47. The van der Waals surface area contributed by atoms with Gasteiger partial charge in [0.1, 0.15) is 9.46 Å². The Balaban J connectivity index is 1.77. The number of nitrogens with zero attached hydrogens (tertiary/aromatic N) is 2. The van der Waals surface area contributed by atoms with Crippen molar-refractivity contribution in [2.75, 3.05) is 11.9 Å². The van der Waals surface area contributed by atoms with Gasteiger partial charge in [0.2, 0.25) is 11.8 Å². The fourth-order valence-corrected chi connectivity index (χ4v) is 5.80. The minimum atomic E-state index is -3.92. The first-order valence-corrected chi connectivity index (χ1v) is 11.4. The summed E-state index contributed by atoms with van der Waals surface area (Å²) >= 11 is 2.02. The van der Waals surface area contributed by atoms with E-state index in [2.05, 4.69) is 16.3 Å². The maximum atomic E-state index is 12.7. The molecule has 10 heteroatoms. The zero-order valence-corrected chi connectivity index (χ0v) is 17.1. The minimum absolute atomic E-state index is 0.0517. The summed E-state index contributed by atoms with van der Waals surface area (Å²) in [4.78, 5) is 26.2. The molecule has 0 bridgehead atoms. The van der Waals surface area contributed by atoms with Crippen molar-refractivity contribution in [2.45, 2.75) is 15.9 Å². The summed E-state index contributed by atoms with van der Waals surface area (Å²) in [5, 5.41) is 3.66. The van der Waals surface area contributed by atoms with Gasteiger partial charge in [-0.25, -0.2) is 0 Å². The second-order valence-electron chi connectivity index (χ2n) is 5.74. The van der Waals surface area contributed by atoms with E-state index in [4.69, 9.17) is 0 Å². The van der Waals surface area contributed by atoms with E-state index in [1.807, 2.05) is 6.07 Å². The highest BCUT2D eigenvalue weighted by molar-refractivity contribution is 8.16. The van der Waals surface area contributed by atoms with Gasteiger partial charge in [-0.2, -0.15) is 8.42 Å². The molecule has 2 amide bonds. The molecule has 0 saturated carbocycles. The molecule has 2 aromatic rings. The summed E-state index contributed by atoms with van der Waals surface area (Å²) in [6.07, 6.45) is 1.39. The van der Waals surface area contributed by atoms with E-state index in [0.29, 0.717) is 5.69 Å². The second-order valence-corrected chi connectivity index (χ2v) is 9.69. The van der Waals surface area contributed by atoms with E-state index in [0.717, 1.165) is 23.1 Å². The first kappa shape index (κ1) is 20.3. The first-order valence-electron chi connectivity index (χ1n) is 8.23. The zero-order chi connectivity index (χ0) is 20.1. The van der Waals surface area contributed by atoms with Crippen LogP contribution >= 0.6 is 23.1 Å². The summed E-state index contributed by atoms with van der Waals surface area (Å²) in [6.45, 7) is 3.71. The number of benzene rings is 1. The van der Waals surface area contributed by atoms with Crippen LogP contribution in [-0.4, -0.2) is 42.1 Å². The van der Waals surface area contributed by atoms with Gasteiger partial charge in [0.25, 0.3) is 10.0 Å². The number of amides is 2. The smallest absolute Gasteiger partial charge is 0.294 e. The molecule has 28 heavy (non-hydrogen) atoms. The highest BCUT2D eigenvalue weighted by atomic mass is 32.2. The topological polar surface area (TPSA) is 95.9 Å². The van der Waals surface area contributed by atoms with Crippen LogP contribution in [0.3, 0.4) is 0 Å². The van der Waals surface area contributed by atoms with Crippen molar-refractivity contribution in [1.29, 1.82) is 0 Å². The Labute approximate surface area is 171 Å². The molecule has 7 nitrogen and oxygen atoms in total. The lowest BCUT2D eigenvalue weighted by Crippen LogP contribution is -2.33. The number of hydrogen-bond donors (Lipinski definition) is 1. The number of nitrogens with one attached hydrogen (secondary N) is 1. The van der Waals surface area contributed by atoms with Crippen LogP contribution in [0.5, 0.6) is 0 Å². The SMILES string of the molecule is C=CCN1C(=O)C(CC(=O)Nc2ccccc2)SC1=NS(=O)(=O)c1cccs1. The number of thioether (sulfide) groups is 1. The summed E-state index contributed by atoms with van der Waals surface area (Å²) in [5.41, 5.74) is 0.625. The predicted octanol–water partition coefficient (Wildman–Crippen LogP) is 2.95. The van der Waals surface area contributed by atoms with E-state index >= 15 is 0 Å². The number of sulfonamides is 1. The van der Waals surface area contributed by atoms with E-state index < -0.39 is 15.3 Å². The van der Waals surface area contributed by atoms with Gasteiger partial charge in [-0.15, -0.1) is 22.3 Å². The number of hydrogen-bond acceptors (Lipinski definition) is 6. The van der Waals surface area contributed by atoms with Crippen molar-refractivity contribution < 1.29 is 18.0 Å². The molecule has 1 unspecified atom stereocenters. The Kier molecular flexibility index (Phi) is 6.32. The summed E-state index contributed by atoms with van der Waals surface area (Å²) < 4.78 is 28.8. The summed E-state index contributed by atoms with van der Waals surface area (Å²) in [7, 11) is -3.92. The lowest BCUT2D eigenvalue weighted by atomic mass is 10.2. The molecule has 2 heterocycles. The van der Waals surface area contributed by atoms with E-state index in [1.54, 1.807) is 35.7 Å². The Morgan fingerprint density at radius 3 is 2.64 bits per heavy atom. The van der Waals surface area contributed by atoms with Gasteiger partial charge in [0.15, 0.2) is 5.17 Å². The van der Waals surface area contributed by atoms with Crippen molar-refractivity contribution in [3.63, 3.8) is 0 Å². The molecule has 1 aliphatic heterocycles. The number of para-hydroxylation sites is 1. The number of thiophene rings is 1. The molecule has 146 valence electrons. The van der Waals surface area contributed by atoms with Crippen LogP contribution in [0.1, 0.15) is 6.42 Å². The van der Waals surface area contributed by atoms with E-state index in [1.165, 1.54) is 17.0 Å². The van der Waals surface area contributed by atoms with Gasteiger partial charge in [0.05, 0.1) is 0 Å². The van der Waals surface area contributed by atoms with Crippen LogP contribution in [0.4, 0.5) is 5.69 Å². The first-order chi connectivity index (χ1) is 13.4. The third-order valence-corrected chi connectivity index (χ3v) is 7.64.